The van der Waals surface area contributed by atoms with E-state index in [1.54, 1.807) is 12.1 Å². The molecule has 0 spiro atoms. The van der Waals surface area contributed by atoms with E-state index in [9.17, 15) is 13.2 Å². The second-order valence-electron chi connectivity index (χ2n) is 6.76. The molecule has 4 rings (SSSR count). The molecule has 8 heteroatoms. The molecule has 1 heterocycles. The third-order valence-electron chi connectivity index (χ3n) is 4.82. The zero-order valence-corrected chi connectivity index (χ0v) is 16.0. The molecule has 1 aliphatic carbocycles. The van der Waals surface area contributed by atoms with Crippen LogP contribution in [0, 0.1) is 0 Å². The van der Waals surface area contributed by atoms with Gasteiger partial charge in [0.15, 0.2) is 0 Å². The molecule has 0 saturated heterocycles. The van der Waals surface area contributed by atoms with Gasteiger partial charge in [0.2, 0.25) is 15.9 Å². The first kappa shape index (κ1) is 18.2. The van der Waals surface area contributed by atoms with Gasteiger partial charge in [-0.2, -0.15) is 5.10 Å². The predicted octanol–water partition coefficient (Wildman–Crippen LogP) is 2.40. The number of hydrogen-bond donors (Lipinski definition) is 2. The van der Waals surface area contributed by atoms with Gasteiger partial charge in [0, 0.05) is 23.9 Å². The molecule has 0 saturated carbocycles. The smallest absolute Gasteiger partial charge is 0.240 e. The Labute approximate surface area is 162 Å². The number of sulfonamides is 1. The van der Waals surface area contributed by atoms with Crippen LogP contribution >= 0.6 is 11.6 Å². The van der Waals surface area contributed by atoms with Crippen molar-refractivity contribution in [3.8, 4) is 0 Å². The fourth-order valence-electron chi connectivity index (χ4n) is 3.46. The number of fused-ring (bicyclic) bond motifs is 1. The second kappa shape index (κ2) is 7.07. The summed E-state index contributed by atoms with van der Waals surface area (Å²) in [5.74, 6) is -0.0726. The first-order valence-corrected chi connectivity index (χ1v) is 10.5. The first-order valence-electron chi connectivity index (χ1n) is 8.66. The quantitative estimate of drug-likeness (QED) is 0.821. The monoisotopic (exact) mass is 403 g/mol. The van der Waals surface area contributed by atoms with Crippen molar-refractivity contribution in [1.82, 2.24) is 10.1 Å². The van der Waals surface area contributed by atoms with Crippen molar-refractivity contribution in [3.63, 3.8) is 0 Å². The van der Waals surface area contributed by atoms with Crippen LogP contribution in [0.1, 0.15) is 29.5 Å². The van der Waals surface area contributed by atoms with E-state index in [0.717, 1.165) is 22.4 Å². The number of nitrogens with zero attached hydrogens (tertiary/aromatic N) is 1. The molecular formula is C19H18ClN3O3S. The Morgan fingerprint density at radius 2 is 1.78 bits per heavy atom. The fourth-order valence-corrected chi connectivity index (χ4v) is 4.83. The summed E-state index contributed by atoms with van der Waals surface area (Å²) in [7, 11) is -3.59. The summed E-state index contributed by atoms with van der Waals surface area (Å²) in [5, 5.41) is 4.62. The Morgan fingerprint density at radius 3 is 2.48 bits per heavy atom. The van der Waals surface area contributed by atoms with Gasteiger partial charge in [0.25, 0.3) is 0 Å². The minimum Gasteiger partial charge on any atom is -0.273 e. The van der Waals surface area contributed by atoms with Crippen molar-refractivity contribution in [2.45, 2.75) is 36.6 Å². The summed E-state index contributed by atoms with van der Waals surface area (Å²) in [6.07, 6.45) is 2.30. The first-order chi connectivity index (χ1) is 12.9. The topological polar surface area (TPSA) is 87.6 Å². The number of carbonyl (C=O) groups excluding carboxylic acids is 1. The summed E-state index contributed by atoms with van der Waals surface area (Å²) in [4.78, 5) is 11.5. The van der Waals surface area contributed by atoms with Crippen LogP contribution in [0.5, 0.6) is 0 Å². The van der Waals surface area contributed by atoms with Crippen LogP contribution in [0.3, 0.4) is 0 Å². The number of hydrogen-bond acceptors (Lipinski definition) is 4. The van der Waals surface area contributed by atoms with Crippen molar-refractivity contribution < 1.29 is 13.2 Å². The number of amides is 1. The van der Waals surface area contributed by atoms with Crippen LogP contribution in [0.25, 0.3) is 0 Å². The lowest BCUT2D eigenvalue weighted by Gasteiger charge is -2.13. The Hall–Kier alpha value is -2.22. The molecule has 0 fully saturated rings. The lowest BCUT2D eigenvalue weighted by molar-refractivity contribution is -0.121. The van der Waals surface area contributed by atoms with Gasteiger partial charge in [-0.3, -0.25) is 4.79 Å². The number of rotatable bonds is 4. The molecule has 140 valence electrons. The normalized spacial score (nSPS) is 19.4. The Kier molecular flexibility index (Phi) is 4.75. The van der Waals surface area contributed by atoms with E-state index in [4.69, 9.17) is 11.6 Å². The van der Waals surface area contributed by atoms with E-state index < -0.39 is 10.0 Å². The Bertz CT molecular complexity index is 1030. The van der Waals surface area contributed by atoms with E-state index in [1.165, 1.54) is 12.1 Å². The molecule has 0 aromatic heterocycles. The summed E-state index contributed by atoms with van der Waals surface area (Å²) in [6.45, 7) is 0. The minimum absolute atomic E-state index is 0.0726. The number of halogens is 1. The van der Waals surface area contributed by atoms with E-state index in [0.29, 0.717) is 30.7 Å². The SMILES string of the molecule is O=C1CCC(c2ccc3c(c2)CC(NS(=O)(=O)c2ccc(Cl)cc2)C3)=NN1. The molecule has 1 amide bonds. The van der Waals surface area contributed by atoms with Crippen molar-refractivity contribution in [1.29, 1.82) is 0 Å². The van der Waals surface area contributed by atoms with E-state index in [-0.39, 0.29) is 16.8 Å². The van der Waals surface area contributed by atoms with Crippen molar-refractivity contribution in [3.05, 3.63) is 64.2 Å². The zero-order chi connectivity index (χ0) is 19.0. The summed E-state index contributed by atoms with van der Waals surface area (Å²) in [5.41, 5.74) is 6.56. The van der Waals surface area contributed by atoms with Crippen LogP contribution in [-0.4, -0.2) is 26.1 Å². The number of carbonyl (C=O) groups is 1. The van der Waals surface area contributed by atoms with Gasteiger partial charge in [-0.15, -0.1) is 0 Å². The minimum atomic E-state index is -3.59. The highest BCUT2D eigenvalue weighted by atomic mass is 35.5. The van der Waals surface area contributed by atoms with E-state index in [1.807, 2.05) is 18.2 Å². The second-order valence-corrected chi connectivity index (χ2v) is 8.91. The summed E-state index contributed by atoms with van der Waals surface area (Å²) in [6, 6.07) is 12.0. The molecule has 2 aromatic carbocycles. The Morgan fingerprint density at radius 1 is 1.04 bits per heavy atom. The fraction of sp³-hybridized carbons (Fsp3) is 0.263. The van der Waals surface area contributed by atoms with Gasteiger partial charge in [-0.05, 0) is 59.9 Å². The van der Waals surface area contributed by atoms with Gasteiger partial charge in [-0.1, -0.05) is 23.7 Å². The van der Waals surface area contributed by atoms with Crippen LogP contribution < -0.4 is 10.1 Å². The third kappa shape index (κ3) is 3.90. The third-order valence-corrected chi connectivity index (χ3v) is 6.61. The maximum absolute atomic E-state index is 12.6. The average molecular weight is 404 g/mol. The van der Waals surface area contributed by atoms with Crippen LogP contribution in [0.15, 0.2) is 52.5 Å². The van der Waals surface area contributed by atoms with Gasteiger partial charge in [0.1, 0.15) is 0 Å². The Balaban J connectivity index is 1.49. The summed E-state index contributed by atoms with van der Waals surface area (Å²) < 4.78 is 27.9. The molecule has 0 radical (unpaired) electrons. The molecule has 27 heavy (non-hydrogen) atoms. The number of nitrogens with one attached hydrogen (secondary N) is 2. The molecule has 0 bridgehead atoms. The summed E-state index contributed by atoms with van der Waals surface area (Å²) >= 11 is 5.83. The number of hydrazone groups is 1. The molecule has 2 aromatic rings. The van der Waals surface area contributed by atoms with Crippen molar-refractivity contribution >= 4 is 33.2 Å². The highest BCUT2D eigenvalue weighted by Gasteiger charge is 2.27. The van der Waals surface area contributed by atoms with Gasteiger partial charge in [0.05, 0.1) is 10.6 Å². The van der Waals surface area contributed by atoms with Crippen LogP contribution in [0.4, 0.5) is 0 Å². The van der Waals surface area contributed by atoms with Gasteiger partial charge < -0.3 is 0 Å². The van der Waals surface area contributed by atoms with Gasteiger partial charge in [-0.25, -0.2) is 18.6 Å². The maximum Gasteiger partial charge on any atom is 0.240 e. The predicted molar refractivity (Wildman–Crippen MR) is 103 cm³/mol. The largest absolute Gasteiger partial charge is 0.273 e. The van der Waals surface area contributed by atoms with Crippen LogP contribution in [-0.2, 0) is 27.7 Å². The highest BCUT2D eigenvalue weighted by Crippen LogP contribution is 2.26. The van der Waals surface area contributed by atoms with E-state index in [2.05, 4.69) is 15.2 Å². The molecular weight excluding hydrogens is 386 g/mol. The number of benzene rings is 2. The standard InChI is InChI=1S/C19H18ClN3O3S/c20-15-3-5-17(6-4-15)27(25,26)23-16-10-12-1-2-13(9-14(12)11-16)18-7-8-19(24)22-21-18/h1-6,9,16,23H,7-8,10-11H2,(H,22,24). The van der Waals surface area contributed by atoms with Crippen molar-refractivity contribution in [2.24, 2.45) is 5.10 Å². The zero-order valence-electron chi connectivity index (χ0n) is 14.4. The molecule has 2 aliphatic rings. The molecule has 6 nitrogen and oxygen atoms in total. The lowest BCUT2D eigenvalue weighted by atomic mass is 10.00. The average Bonchev–Trinajstić information content (AvgIpc) is 3.03. The highest BCUT2D eigenvalue weighted by molar-refractivity contribution is 7.89. The van der Waals surface area contributed by atoms with Crippen LogP contribution in [0.2, 0.25) is 5.02 Å². The lowest BCUT2D eigenvalue weighted by Crippen LogP contribution is -2.35. The molecule has 1 aliphatic heterocycles. The molecule has 2 N–H and O–H groups in total. The van der Waals surface area contributed by atoms with E-state index >= 15 is 0 Å². The molecule has 1 atom stereocenters. The molecule has 1 unspecified atom stereocenters. The maximum atomic E-state index is 12.6. The van der Waals surface area contributed by atoms with Gasteiger partial charge >= 0.3 is 0 Å². The van der Waals surface area contributed by atoms with Crippen molar-refractivity contribution in [2.75, 3.05) is 0 Å².